The molecule has 0 aliphatic carbocycles. The summed E-state index contributed by atoms with van der Waals surface area (Å²) in [6.07, 6.45) is -2.06. The predicted molar refractivity (Wildman–Crippen MR) is 46.3 cm³/mol. The molecule has 0 saturated heterocycles. The van der Waals surface area contributed by atoms with E-state index < -0.39 is 12.1 Å². The van der Waals surface area contributed by atoms with Gasteiger partial charge < -0.3 is 0 Å². The van der Waals surface area contributed by atoms with E-state index in [2.05, 4.69) is 4.98 Å². The summed E-state index contributed by atoms with van der Waals surface area (Å²) in [6, 6.07) is 0.923. The highest BCUT2D eigenvalue weighted by Gasteiger charge is 2.22. The number of aromatic nitrogens is 2. The fraction of sp³-hybridized carbons (Fsp3) is 0.556. The maximum atomic E-state index is 12.3. The Hall–Kier alpha value is -1.26. The van der Waals surface area contributed by atoms with Gasteiger partial charge in [-0.05, 0) is 5.92 Å². The Bertz CT molecular complexity index is 414. The van der Waals surface area contributed by atoms with Crippen molar-refractivity contribution < 1.29 is 8.78 Å². The van der Waals surface area contributed by atoms with Crippen LogP contribution in [0.2, 0.25) is 0 Å². The smallest absolute Gasteiger partial charge is 0.280 e. The van der Waals surface area contributed by atoms with Gasteiger partial charge in [0.15, 0.2) is 0 Å². The van der Waals surface area contributed by atoms with Crippen molar-refractivity contribution in [1.29, 1.82) is 0 Å². The minimum absolute atomic E-state index is 0.308. The Morgan fingerprint density at radius 3 is 3.00 bits per heavy atom. The molecule has 2 heterocycles. The van der Waals surface area contributed by atoms with Crippen molar-refractivity contribution in [2.75, 3.05) is 0 Å². The second-order valence-corrected chi connectivity index (χ2v) is 3.66. The molecule has 1 atom stereocenters. The molecular weight excluding hydrogens is 190 g/mol. The highest BCUT2D eigenvalue weighted by Crippen LogP contribution is 2.20. The molecule has 5 heteroatoms. The third kappa shape index (κ3) is 1.42. The lowest BCUT2D eigenvalue weighted by molar-refractivity contribution is 0.145. The summed E-state index contributed by atoms with van der Waals surface area (Å²) >= 11 is 0. The molecule has 0 radical (unpaired) electrons. The lowest BCUT2D eigenvalue weighted by atomic mass is 10.1. The van der Waals surface area contributed by atoms with Gasteiger partial charge in [-0.3, -0.25) is 9.36 Å². The molecule has 0 N–H and O–H groups in total. The van der Waals surface area contributed by atoms with E-state index >= 15 is 0 Å². The Labute approximate surface area is 79.4 Å². The van der Waals surface area contributed by atoms with E-state index in [1.165, 1.54) is 4.57 Å². The summed E-state index contributed by atoms with van der Waals surface area (Å²) in [4.78, 5) is 15.1. The molecule has 0 bridgehead atoms. The van der Waals surface area contributed by atoms with Gasteiger partial charge >= 0.3 is 0 Å². The second-order valence-electron chi connectivity index (χ2n) is 3.66. The summed E-state index contributed by atoms with van der Waals surface area (Å²) in [5.41, 5.74) is -0.773. The first-order valence-corrected chi connectivity index (χ1v) is 4.46. The first-order chi connectivity index (χ1) is 6.58. The van der Waals surface area contributed by atoms with Crippen molar-refractivity contribution in [1.82, 2.24) is 9.55 Å². The van der Waals surface area contributed by atoms with E-state index in [-0.39, 0.29) is 5.56 Å². The van der Waals surface area contributed by atoms with Gasteiger partial charge in [-0.2, -0.15) is 0 Å². The maximum absolute atomic E-state index is 12.3. The van der Waals surface area contributed by atoms with Gasteiger partial charge in [0.2, 0.25) is 0 Å². The Morgan fingerprint density at radius 2 is 2.36 bits per heavy atom. The van der Waals surface area contributed by atoms with Crippen molar-refractivity contribution in [3.63, 3.8) is 0 Å². The average Bonchev–Trinajstić information content (AvgIpc) is 2.45. The number of halogens is 2. The molecule has 3 nitrogen and oxygen atoms in total. The van der Waals surface area contributed by atoms with Crippen LogP contribution in [0.15, 0.2) is 10.9 Å². The van der Waals surface area contributed by atoms with Crippen LogP contribution in [-0.4, -0.2) is 9.55 Å². The molecule has 2 rings (SSSR count). The lowest BCUT2D eigenvalue weighted by Gasteiger charge is -2.03. The molecule has 1 aromatic rings. The summed E-state index contributed by atoms with van der Waals surface area (Å²) in [5, 5.41) is 0. The van der Waals surface area contributed by atoms with Gasteiger partial charge in [0.1, 0.15) is 11.5 Å². The van der Waals surface area contributed by atoms with Crippen LogP contribution in [0.25, 0.3) is 0 Å². The molecule has 1 aromatic heterocycles. The van der Waals surface area contributed by atoms with Crippen LogP contribution < -0.4 is 5.56 Å². The summed E-state index contributed by atoms with van der Waals surface area (Å²) in [5.74, 6) is 0.795. The van der Waals surface area contributed by atoms with Crippen molar-refractivity contribution in [3.8, 4) is 0 Å². The zero-order valence-electron chi connectivity index (χ0n) is 7.70. The van der Waals surface area contributed by atoms with Crippen molar-refractivity contribution in [2.24, 2.45) is 5.92 Å². The minimum atomic E-state index is -2.66. The lowest BCUT2D eigenvalue weighted by Crippen LogP contribution is -2.21. The molecule has 76 valence electrons. The molecule has 0 unspecified atom stereocenters. The van der Waals surface area contributed by atoms with Crippen LogP contribution >= 0.6 is 0 Å². The predicted octanol–water partition coefficient (Wildman–Crippen LogP) is 1.37. The van der Waals surface area contributed by atoms with Crippen molar-refractivity contribution in [2.45, 2.75) is 26.3 Å². The molecule has 0 aromatic carbocycles. The fourth-order valence-electron chi connectivity index (χ4n) is 1.72. The van der Waals surface area contributed by atoms with Crippen molar-refractivity contribution in [3.05, 3.63) is 27.9 Å². The van der Waals surface area contributed by atoms with Crippen LogP contribution in [0.5, 0.6) is 0 Å². The first-order valence-electron chi connectivity index (χ1n) is 4.46. The fourth-order valence-corrected chi connectivity index (χ4v) is 1.72. The second kappa shape index (κ2) is 3.15. The SMILES string of the molecule is C[C@@H]1Cc2nc(C(F)F)cc(=O)n2C1. The molecule has 1 aliphatic rings. The molecule has 0 fully saturated rings. The molecule has 1 aliphatic heterocycles. The molecule has 0 saturated carbocycles. The van der Waals surface area contributed by atoms with Crippen LogP contribution in [0.4, 0.5) is 8.78 Å². The van der Waals surface area contributed by atoms with Crippen LogP contribution in [0.3, 0.4) is 0 Å². The molecule has 0 spiro atoms. The van der Waals surface area contributed by atoms with Crippen LogP contribution in [-0.2, 0) is 13.0 Å². The van der Waals surface area contributed by atoms with Crippen molar-refractivity contribution >= 4 is 0 Å². The third-order valence-electron chi connectivity index (χ3n) is 2.36. The quantitative estimate of drug-likeness (QED) is 0.686. The number of fused-ring (bicyclic) bond motifs is 1. The van der Waals surface area contributed by atoms with Gasteiger partial charge in [-0.15, -0.1) is 0 Å². The molecular formula is C9H10F2N2O. The molecule has 0 amide bonds. The van der Waals surface area contributed by atoms with E-state index in [1.807, 2.05) is 6.92 Å². The van der Waals surface area contributed by atoms with E-state index in [1.54, 1.807) is 0 Å². The standard InChI is InChI=1S/C9H10F2N2O/c1-5-2-7-12-6(9(10)11)3-8(14)13(7)4-5/h3,5,9H,2,4H2,1H3/t5-/m1/s1. The maximum Gasteiger partial charge on any atom is 0.280 e. The summed E-state index contributed by atoms with van der Waals surface area (Å²) in [7, 11) is 0. The van der Waals surface area contributed by atoms with Gasteiger partial charge in [-0.1, -0.05) is 6.92 Å². The number of hydrogen-bond acceptors (Lipinski definition) is 2. The topological polar surface area (TPSA) is 34.9 Å². The Morgan fingerprint density at radius 1 is 1.64 bits per heavy atom. The highest BCUT2D eigenvalue weighted by atomic mass is 19.3. The van der Waals surface area contributed by atoms with Gasteiger partial charge in [0, 0.05) is 19.0 Å². The normalized spacial score (nSPS) is 20.1. The highest BCUT2D eigenvalue weighted by molar-refractivity contribution is 5.09. The average molecular weight is 200 g/mol. The summed E-state index contributed by atoms with van der Waals surface area (Å²) < 4.78 is 26.1. The number of nitrogens with zero attached hydrogens (tertiary/aromatic N) is 2. The van der Waals surface area contributed by atoms with E-state index in [9.17, 15) is 13.6 Å². The Balaban J connectivity index is 2.51. The largest absolute Gasteiger partial charge is 0.296 e. The van der Waals surface area contributed by atoms with Crippen LogP contribution in [0, 0.1) is 5.92 Å². The van der Waals surface area contributed by atoms with Gasteiger partial charge in [-0.25, -0.2) is 13.8 Å². The molecule has 14 heavy (non-hydrogen) atoms. The number of alkyl halides is 2. The third-order valence-corrected chi connectivity index (χ3v) is 2.36. The minimum Gasteiger partial charge on any atom is -0.296 e. The van der Waals surface area contributed by atoms with E-state index in [4.69, 9.17) is 0 Å². The van der Waals surface area contributed by atoms with E-state index in [0.717, 1.165) is 6.07 Å². The zero-order valence-corrected chi connectivity index (χ0v) is 7.70. The van der Waals surface area contributed by atoms with Gasteiger partial charge in [0.25, 0.3) is 12.0 Å². The number of rotatable bonds is 1. The summed E-state index contributed by atoms with van der Waals surface area (Å²) in [6.45, 7) is 2.56. The van der Waals surface area contributed by atoms with Crippen LogP contribution in [0.1, 0.15) is 24.9 Å². The van der Waals surface area contributed by atoms with E-state index in [0.29, 0.717) is 24.7 Å². The first kappa shape index (κ1) is 9.30. The zero-order chi connectivity index (χ0) is 10.3. The number of hydrogen-bond donors (Lipinski definition) is 0. The Kier molecular flexibility index (Phi) is 2.09. The monoisotopic (exact) mass is 200 g/mol. The van der Waals surface area contributed by atoms with Gasteiger partial charge in [0.05, 0.1) is 0 Å².